The van der Waals surface area contributed by atoms with Gasteiger partial charge in [0.2, 0.25) is 0 Å². The number of rotatable bonds is 2. The van der Waals surface area contributed by atoms with Gasteiger partial charge in [-0.1, -0.05) is 26.7 Å². The SMILES string of the molecule is C#CC(NC(=NC)NC1CC1)C(C)(C)C. The van der Waals surface area contributed by atoms with E-state index in [2.05, 4.69) is 42.3 Å². The van der Waals surface area contributed by atoms with E-state index in [0.29, 0.717) is 6.04 Å². The van der Waals surface area contributed by atoms with Crippen molar-refractivity contribution in [2.75, 3.05) is 7.05 Å². The largest absolute Gasteiger partial charge is 0.354 e. The highest BCUT2D eigenvalue weighted by molar-refractivity contribution is 5.81. The van der Waals surface area contributed by atoms with Crippen LogP contribution < -0.4 is 10.6 Å². The molecule has 1 fully saturated rings. The van der Waals surface area contributed by atoms with E-state index >= 15 is 0 Å². The highest BCUT2D eigenvalue weighted by Gasteiger charge is 2.26. The first-order chi connectivity index (χ1) is 6.97. The maximum Gasteiger partial charge on any atom is 0.192 e. The van der Waals surface area contributed by atoms with E-state index in [9.17, 15) is 0 Å². The molecule has 0 aliphatic heterocycles. The second kappa shape index (κ2) is 4.57. The van der Waals surface area contributed by atoms with Crippen LogP contribution >= 0.6 is 0 Å². The van der Waals surface area contributed by atoms with Crippen LogP contribution in [0.15, 0.2) is 4.99 Å². The average molecular weight is 207 g/mol. The Morgan fingerprint density at radius 3 is 2.40 bits per heavy atom. The predicted molar refractivity (Wildman–Crippen MR) is 64.7 cm³/mol. The molecule has 1 atom stereocenters. The van der Waals surface area contributed by atoms with Gasteiger partial charge in [0.1, 0.15) is 0 Å². The second-order valence-electron chi connectivity index (χ2n) is 5.10. The summed E-state index contributed by atoms with van der Waals surface area (Å²) >= 11 is 0. The van der Waals surface area contributed by atoms with Crippen LogP contribution in [0, 0.1) is 17.8 Å². The van der Waals surface area contributed by atoms with Crippen molar-refractivity contribution in [1.82, 2.24) is 10.6 Å². The van der Waals surface area contributed by atoms with Crippen molar-refractivity contribution >= 4 is 5.96 Å². The van der Waals surface area contributed by atoms with E-state index < -0.39 is 0 Å². The zero-order valence-electron chi connectivity index (χ0n) is 10.1. The van der Waals surface area contributed by atoms with E-state index in [0.717, 1.165) is 5.96 Å². The van der Waals surface area contributed by atoms with Crippen molar-refractivity contribution in [3.63, 3.8) is 0 Å². The summed E-state index contributed by atoms with van der Waals surface area (Å²) in [7, 11) is 1.77. The molecule has 1 saturated carbocycles. The Kier molecular flexibility index (Phi) is 3.62. The summed E-state index contributed by atoms with van der Waals surface area (Å²) in [5.41, 5.74) is 0.0376. The Hall–Kier alpha value is -1.17. The zero-order chi connectivity index (χ0) is 11.5. The van der Waals surface area contributed by atoms with E-state index in [-0.39, 0.29) is 11.5 Å². The normalized spacial score (nSPS) is 19.3. The van der Waals surface area contributed by atoms with E-state index in [4.69, 9.17) is 6.42 Å². The Balaban J connectivity index is 2.52. The van der Waals surface area contributed by atoms with Gasteiger partial charge in [0.15, 0.2) is 5.96 Å². The summed E-state index contributed by atoms with van der Waals surface area (Å²) in [6.07, 6.45) is 7.98. The fourth-order valence-electron chi connectivity index (χ4n) is 1.24. The van der Waals surface area contributed by atoms with Crippen LogP contribution in [-0.4, -0.2) is 25.1 Å². The lowest BCUT2D eigenvalue weighted by Crippen LogP contribution is -2.48. The van der Waals surface area contributed by atoms with Gasteiger partial charge < -0.3 is 10.6 Å². The minimum Gasteiger partial charge on any atom is -0.354 e. The molecule has 1 unspecified atom stereocenters. The molecule has 0 saturated heterocycles. The van der Waals surface area contributed by atoms with Gasteiger partial charge in [0.05, 0.1) is 6.04 Å². The minimum absolute atomic E-state index is 0.00227. The molecule has 0 spiro atoms. The molecular formula is C12H21N3. The number of hydrogen-bond acceptors (Lipinski definition) is 1. The van der Waals surface area contributed by atoms with Crippen molar-refractivity contribution in [3.05, 3.63) is 0 Å². The molecule has 0 amide bonds. The van der Waals surface area contributed by atoms with Crippen molar-refractivity contribution in [1.29, 1.82) is 0 Å². The molecule has 3 nitrogen and oxygen atoms in total. The minimum atomic E-state index is 0.00227. The third-order valence-electron chi connectivity index (χ3n) is 2.46. The van der Waals surface area contributed by atoms with Crippen LogP contribution in [0.1, 0.15) is 33.6 Å². The molecule has 3 heteroatoms. The van der Waals surface area contributed by atoms with Crippen molar-refractivity contribution in [2.24, 2.45) is 10.4 Å². The van der Waals surface area contributed by atoms with Crippen LogP contribution in [0.4, 0.5) is 0 Å². The van der Waals surface area contributed by atoms with Crippen LogP contribution in [0.3, 0.4) is 0 Å². The van der Waals surface area contributed by atoms with E-state index in [1.807, 2.05) is 0 Å². The van der Waals surface area contributed by atoms with Gasteiger partial charge in [0.25, 0.3) is 0 Å². The van der Waals surface area contributed by atoms with Crippen molar-refractivity contribution < 1.29 is 0 Å². The van der Waals surface area contributed by atoms with Crippen molar-refractivity contribution in [3.8, 4) is 12.3 Å². The lowest BCUT2D eigenvalue weighted by Gasteiger charge is -2.28. The summed E-state index contributed by atoms with van der Waals surface area (Å²) < 4.78 is 0. The first kappa shape index (κ1) is 11.9. The predicted octanol–water partition coefficient (Wildman–Crippen LogP) is 1.36. The first-order valence-electron chi connectivity index (χ1n) is 5.43. The van der Waals surface area contributed by atoms with Gasteiger partial charge in [-0.25, -0.2) is 0 Å². The lowest BCUT2D eigenvalue weighted by molar-refractivity contribution is 0.350. The average Bonchev–Trinajstić information content (AvgIpc) is 2.93. The maximum absolute atomic E-state index is 5.51. The monoisotopic (exact) mass is 207 g/mol. The molecule has 1 aliphatic carbocycles. The summed E-state index contributed by atoms with van der Waals surface area (Å²) in [6, 6.07) is 0.594. The summed E-state index contributed by atoms with van der Waals surface area (Å²) in [5.74, 6) is 3.58. The molecule has 1 rings (SSSR count). The standard InChI is InChI=1S/C12H21N3/c1-6-10(12(2,3)4)15-11(13-5)14-9-7-8-9/h1,9-10H,7-8H2,2-5H3,(H2,13,14,15). The van der Waals surface area contributed by atoms with Gasteiger partial charge >= 0.3 is 0 Å². The molecule has 0 heterocycles. The molecule has 0 aromatic carbocycles. The maximum atomic E-state index is 5.51. The molecule has 0 aromatic rings. The molecule has 15 heavy (non-hydrogen) atoms. The van der Waals surface area contributed by atoms with Gasteiger partial charge in [-0.05, 0) is 18.3 Å². The zero-order valence-corrected chi connectivity index (χ0v) is 10.1. The summed E-state index contributed by atoms with van der Waals surface area (Å²) in [4.78, 5) is 4.17. The van der Waals surface area contributed by atoms with Crippen LogP contribution in [0.5, 0.6) is 0 Å². The number of terminal acetylenes is 1. The number of guanidine groups is 1. The molecule has 0 radical (unpaired) electrons. The third kappa shape index (κ3) is 3.83. The fourth-order valence-corrected chi connectivity index (χ4v) is 1.24. The second-order valence-corrected chi connectivity index (χ2v) is 5.10. The smallest absolute Gasteiger partial charge is 0.192 e. The van der Waals surface area contributed by atoms with Crippen LogP contribution in [0.25, 0.3) is 0 Å². The Labute approximate surface area is 92.7 Å². The van der Waals surface area contributed by atoms with Gasteiger partial charge in [-0.15, -0.1) is 6.42 Å². The number of hydrogen-bond donors (Lipinski definition) is 2. The number of aliphatic imine (C=N–C) groups is 1. The highest BCUT2D eigenvalue weighted by Crippen LogP contribution is 2.20. The lowest BCUT2D eigenvalue weighted by atomic mass is 9.87. The third-order valence-corrected chi connectivity index (χ3v) is 2.46. The molecule has 1 aliphatic rings. The Morgan fingerprint density at radius 1 is 1.47 bits per heavy atom. The topological polar surface area (TPSA) is 36.4 Å². The molecular weight excluding hydrogens is 186 g/mol. The van der Waals surface area contributed by atoms with E-state index in [1.165, 1.54) is 12.8 Å². The molecule has 84 valence electrons. The van der Waals surface area contributed by atoms with Gasteiger partial charge in [-0.3, -0.25) is 4.99 Å². The number of nitrogens with one attached hydrogen (secondary N) is 2. The summed E-state index contributed by atoms with van der Waals surface area (Å²) in [5, 5.41) is 6.59. The van der Waals surface area contributed by atoms with Gasteiger partial charge in [-0.2, -0.15) is 0 Å². The molecule has 2 N–H and O–H groups in total. The Morgan fingerprint density at radius 2 is 2.07 bits per heavy atom. The number of nitrogens with zero attached hydrogens (tertiary/aromatic N) is 1. The Bertz CT molecular complexity index is 276. The fraction of sp³-hybridized carbons (Fsp3) is 0.750. The van der Waals surface area contributed by atoms with Gasteiger partial charge in [0, 0.05) is 13.1 Å². The molecule has 0 bridgehead atoms. The highest BCUT2D eigenvalue weighted by atomic mass is 15.2. The quantitative estimate of drug-likeness (QED) is 0.407. The van der Waals surface area contributed by atoms with Crippen LogP contribution in [-0.2, 0) is 0 Å². The molecule has 0 aromatic heterocycles. The van der Waals surface area contributed by atoms with E-state index in [1.54, 1.807) is 7.05 Å². The van der Waals surface area contributed by atoms with Crippen molar-refractivity contribution in [2.45, 2.75) is 45.7 Å². The van der Waals surface area contributed by atoms with Crippen LogP contribution in [0.2, 0.25) is 0 Å². The first-order valence-corrected chi connectivity index (χ1v) is 5.43. The summed E-state index contributed by atoms with van der Waals surface area (Å²) in [6.45, 7) is 6.36.